The number of carbonyl (C=O) groups excluding carboxylic acids is 1. The van der Waals surface area contributed by atoms with Gasteiger partial charge in [0, 0.05) is 32.4 Å². The van der Waals surface area contributed by atoms with Crippen LogP contribution in [0.4, 0.5) is 5.69 Å². The van der Waals surface area contributed by atoms with Crippen molar-refractivity contribution in [3.63, 3.8) is 0 Å². The van der Waals surface area contributed by atoms with E-state index in [4.69, 9.17) is 19.9 Å². The Hall–Kier alpha value is -1.79. The molecule has 0 aliphatic carbocycles. The highest BCUT2D eigenvalue weighted by molar-refractivity contribution is 5.76. The average Bonchev–Trinajstić information content (AvgIpc) is 2.97. The first-order chi connectivity index (χ1) is 10.1. The zero-order valence-corrected chi connectivity index (χ0v) is 12.3. The molecule has 0 bridgehead atoms. The van der Waals surface area contributed by atoms with Crippen LogP contribution in [0.3, 0.4) is 0 Å². The van der Waals surface area contributed by atoms with Crippen LogP contribution in [0.1, 0.15) is 12.8 Å². The fourth-order valence-electron chi connectivity index (χ4n) is 2.13. The molecule has 1 amide bonds. The van der Waals surface area contributed by atoms with E-state index in [1.54, 1.807) is 31.4 Å². The minimum absolute atomic E-state index is 0.0613. The third kappa shape index (κ3) is 4.61. The average molecular weight is 294 g/mol. The van der Waals surface area contributed by atoms with Gasteiger partial charge >= 0.3 is 0 Å². The summed E-state index contributed by atoms with van der Waals surface area (Å²) in [5, 5.41) is 2.87. The molecule has 3 N–H and O–H groups in total. The fourth-order valence-corrected chi connectivity index (χ4v) is 2.13. The molecular weight excluding hydrogens is 272 g/mol. The van der Waals surface area contributed by atoms with E-state index in [-0.39, 0.29) is 11.5 Å². The van der Waals surface area contributed by atoms with E-state index in [1.807, 2.05) is 0 Å². The summed E-state index contributed by atoms with van der Waals surface area (Å²) in [5.74, 6) is 0.642. The van der Waals surface area contributed by atoms with Gasteiger partial charge in [-0.15, -0.1) is 0 Å². The van der Waals surface area contributed by atoms with Gasteiger partial charge in [-0.1, -0.05) is 0 Å². The van der Waals surface area contributed by atoms with E-state index in [0.29, 0.717) is 44.2 Å². The van der Waals surface area contributed by atoms with Crippen LogP contribution in [-0.2, 0) is 14.3 Å². The first kappa shape index (κ1) is 15.6. The van der Waals surface area contributed by atoms with Gasteiger partial charge in [0.15, 0.2) is 0 Å². The van der Waals surface area contributed by atoms with Crippen LogP contribution in [0.15, 0.2) is 24.3 Å². The zero-order valence-electron chi connectivity index (χ0n) is 12.3. The number of hydrogen-bond donors (Lipinski definition) is 2. The van der Waals surface area contributed by atoms with Crippen molar-refractivity contribution in [2.75, 3.05) is 39.2 Å². The van der Waals surface area contributed by atoms with Gasteiger partial charge < -0.3 is 25.3 Å². The lowest BCUT2D eigenvalue weighted by Gasteiger charge is -2.25. The number of hydrogen-bond acceptors (Lipinski definition) is 5. The summed E-state index contributed by atoms with van der Waals surface area (Å²) in [4.78, 5) is 11.8. The molecule has 0 radical (unpaired) electrons. The van der Waals surface area contributed by atoms with Crippen LogP contribution in [0.2, 0.25) is 0 Å². The van der Waals surface area contributed by atoms with Gasteiger partial charge in [0.05, 0.1) is 19.6 Å². The molecule has 1 aromatic carbocycles. The number of benzene rings is 1. The topological polar surface area (TPSA) is 82.8 Å². The monoisotopic (exact) mass is 294 g/mol. The number of methoxy groups -OCH3 is 1. The molecule has 0 aromatic heterocycles. The second-order valence-corrected chi connectivity index (χ2v) is 5.13. The largest absolute Gasteiger partial charge is 0.493 e. The Morgan fingerprint density at radius 1 is 1.43 bits per heavy atom. The van der Waals surface area contributed by atoms with Crippen LogP contribution in [-0.4, -0.2) is 45.0 Å². The van der Waals surface area contributed by atoms with Crippen LogP contribution < -0.4 is 15.8 Å². The van der Waals surface area contributed by atoms with E-state index in [0.717, 1.165) is 6.42 Å². The lowest BCUT2D eigenvalue weighted by atomic mass is 10.0. The maximum absolute atomic E-state index is 11.8. The summed E-state index contributed by atoms with van der Waals surface area (Å²) in [6, 6.07) is 7.09. The number of rotatable bonds is 7. The van der Waals surface area contributed by atoms with Crippen molar-refractivity contribution in [3.8, 4) is 5.75 Å². The highest BCUT2D eigenvalue weighted by atomic mass is 16.5. The molecule has 1 heterocycles. The summed E-state index contributed by atoms with van der Waals surface area (Å²) in [6.07, 6.45) is 1.09. The van der Waals surface area contributed by atoms with Crippen molar-refractivity contribution in [2.45, 2.75) is 18.4 Å². The van der Waals surface area contributed by atoms with Gasteiger partial charge in [0.2, 0.25) is 5.91 Å². The number of ether oxygens (including phenoxy) is 3. The molecule has 0 saturated carbocycles. The Balaban J connectivity index is 1.66. The van der Waals surface area contributed by atoms with Gasteiger partial charge in [0.25, 0.3) is 0 Å². The van der Waals surface area contributed by atoms with Crippen LogP contribution in [0.5, 0.6) is 5.75 Å². The maximum atomic E-state index is 11.8. The number of carbonyl (C=O) groups is 1. The molecule has 1 fully saturated rings. The Bertz CT molecular complexity index is 455. The predicted molar refractivity (Wildman–Crippen MR) is 79.2 cm³/mol. The Labute approximate surface area is 124 Å². The van der Waals surface area contributed by atoms with E-state index in [9.17, 15) is 4.79 Å². The molecule has 21 heavy (non-hydrogen) atoms. The van der Waals surface area contributed by atoms with Crippen LogP contribution in [0.25, 0.3) is 0 Å². The van der Waals surface area contributed by atoms with Crippen molar-refractivity contribution in [1.82, 2.24) is 5.32 Å². The molecule has 1 unspecified atom stereocenters. The van der Waals surface area contributed by atoms with Gasteiger partial charge in [0.1, 0.15) is 11.4 Å². The summed E-state index contributed by atoms with van der Waals surface area (Å²) in [7, 11) is 1.64. The first-order valence-corrected chi connectivity index (χ1v) is 7.01. The third-order valence-corrected chi connectivity index (χ3v) is 3.59. The smallest absolute Gasteiger partial charge is 0.223 e. The number of nitrogens with one attached hydrogen (secondary N) is 1. The lowest BCUT2D eigenvalue weighted by molar-refractivity contribution is -0.123. The third-order valence-electron chi connectivity index (χ3n) is 3.59. The standard InChI is InChI=1S/C15H22N2O4/c1-19-15(7-9-20-11-15)10-17-14(18)6-8-21-13-4-2-12(16)3-5-13/h2-5H,6-11,16H2,1H3,(H,17,18). The maximum Gasteiger partial charge on any atom is 0.223 e. The molecular formula is C15H22N2O4. The van der Waals surface area contributed by atoms with E-state index < -0.39 is 0 Å². The SMILES string of the molecule is COC1(CNC(=O)CCOc2ccc(N)cc2)CCOC1. The van der Waals surface area contributed by atoms with Crippen LogP contribution in [0, 0.1) is 0 Å². The highest BCUT2D eigenvalue weighted by Gasteiger charge is 2.35. The van der Waals surface area contributed by atoms with Gasteiger partial charge in [-0.2, -0.15) is 0 Å². The molecule has 1 aliphatic heterocycles. The molecule has 1 saturated heterocycles. The van der Waals surface area contributed by atoms with Gasteiger partial charge in [-0.05, 0) is 24.3 Å². The van der Waals surface area contributed by atoms with E-state index >= 15 is 0 Å². The second-order valence-electron chi connectivity index (χ2n) is 5.13. The van der Waals surface area contributed by atoms with Crippen molar-refractivity contribution >= 4 is 11.6 Å². The quantitative estimate of drug-likeness (QED) is 0.732. The Kier molecular flexibility index (Phi) is 5.41. The number of amides is 1. The molecule has 116 valence electrons. The normalized spacial score (nSPS) is 21.2. The molecule has 1 atom stereocenters. The molecule has 2 rings (SSSR count). The molecule has 6 nitrogen and oxygen atoms in total. The van der Waals surface area contributed by atoms with Crippen molar-refractivity contribution < 1.29 is 19.0 Å². The van der Waals surface area contributed by atoms with E-state index in [2.05, 4.69) is 5.32 Å². The zero-order chi connectivity index (χ0) is 15.1. The predicted octanol–water partition coefficient (Wildman–Crippen LogP) is 0.959. The first-order valence-electron chi connectivity index (χ1n) is 7.01. The second kappa shape index (κ2) is 7.28. The van der Waals surface area contributed by atoms with Crippen molar-refractivity contribution in [1.29, 1.82) is 0 Å². The molecule has 1 aromatic rings. The van der Waals surface area contributed by atoms with Crippen molar-refractivity contribution in [3.05, 3.63) is 24.3 Å². The van der Waals surface area contributed by atoms with Crippen molar-refractivity contribution in [2.24, 2.45) is 0 Å². The van der Waals surface area contributed by atoms with E-state index in [1.165, 1.54) is 0 Å². The van der Waals surface area contributed by atoms with Gasteiger partial charge in [-0.3, -0.25) is 4.79 Å². The summed E-state index contributed by atoms with van der Waals surface area (Å²) in [6.45, 7) is 1.98. The lowest BCUT2D eigenvalue weighted by Crippen LogP contribution is -2.45. The highest BCUT2D eigenvalue weighted by Crippen LogP contribution is 2.21. The number of nitrogens with two attached hydrogens (primary N) is 1. The number of anilines is 1. The van der Waals surface area contributed by atoms with Gasteiger partial charge in [-0.25, -0.2) is 0 Å². The summed E-state index contributed by atoms with van der Waals surface area (Å²) in [5.41, 5.74) is 5.89. The minimum atomic E-state index is -0.381. The minimum Gasteiger partial charge on any atom is -0.493 e. The molecule has 0 spiro atoms. The Morgan fingerprint density at radius 3 is 2.81 bits per heavy atom. The summed E-state index contributed by atoms with van der Waals surface area (Å²) >= 11 is 0. The molecule has 1 aliphatic rings. The summed E-state index contributed by atoms with van der Waals surface area (Å²) < 4.78 is 16.3. The number of nitrogen functional groups attached to an aromatic ring is 1. The Morgan fingerprint density at radius 2 is 2.19 bits per heavy atom. The van der Waals surface area contributed by atoms with Crippen LogP contribution >= 0.6 is 0 Å². The fraction of sp³-hybridized carbons (Fsp3) is 0.533. The molecule has 6 heteroatoms.